The van der Waals surface area contributed by atoms with Gasteiger partial charge in [-0.1, -0.05) is 13.0 Å². The number of nitrogens with zero attached hydrogens (tertiary/aromatic N) is 1. The quantitative estimate of drug-likeness (QED) is 0.520. The van der Waals surface area contributed by atoms with E-state index in [0.29, 0.717) is 12.3 Å². The fraction of sp³-hybridized carbons (Fsp3) is 0.636. The molecule has 1 unspecified atom stereocenters. The van der Waals surface area contributed by atoms with Crippen molar-refractivity contribution < 1.29 is 14.7 Å². The summed E-state index contributed by atoms with van der Waals surface area (Å²) in [4.78, 5) is 23.9. The summed E-state index contributed by atoms with van der Waals surface area (Å²) < 4.78 is 0. The molecule has 0 aromatic heterocycles. The summed E-state index contributed by atoms with van der Waals surface area (Å²) in [5.41, 5.74) is 0. The Kier molecular flexibility index (Phi) is 7.72. The molecule has 0 fully saturated rings. The van der Waals surface area contributed by atoms with Crippen LogP contribution in [-0.4, -0.2) is 46.5 Å². The Hall–Kier alpha value is -0.970. The molecule has 4 nitrogen and oxygen atoms in total. The van der Waals surface area contributed by atoms with Gasteiger partial charge in [0.2, 0.25) is 5.91 Å². The SMILES string of the molecule is C=CCSCC(=O)N(CC)CC(C)C(=O)O. The van der Waals surface area contributed by atoms with Gasteiger partial charge in [-0.3, -0.25) is 9.59 Å². The van der Waals surface area contributed by atoms with Crippen molar-refractivity contribution in [3.05, 3.63) is 12.7 Å². The highest BCUT2D eigenvalue weighted by molar-refractivity contribution is 8.00. The highest BCUT2D eigenvalue weighted by Crippen LogP contribution is 2.06. The second-order valence-corrected chi connectivity index (χ2v) is 4.51. The summed E-state index contributed by atoms with van der Waals surface area (Å²) in [5.74, 6) is -0.287. The maximum Gasteiger partial charge on any atom is 0.308 e. The van der Waals surface area contributed by atoms with E-state index in [-0.39, 0.29) is 12.5 Å². The lowest BCUT2D eigenvalue weighted by atomic mass is 10.2. The molecule has 92 valence electrons. The third-order valence-corrected chi connectivity index (χ3v) is 3.03. The lowest BCUT2D eigenvalue weighted by Crippen LogP contribution is -2.37. The number of hydrogen-bond acceptors (Lipinski definition) is 3. The third-order valence-electron chi connectivity index (χ3n) is 2.11. The molecule has 0 aliphatic carbocycles. The molecule has 0 heterocycles. The Labute approximate surface area is 101 Å². The van der Waals surface area contributed by atoms with E-state index in [9.17, 15) is 9.59 Å². The van der Waals surface area contributed by atoms with Crippen molar-refractivity contribution in [1.29, 1.82) is 0 Å². The van der Waals surface area contributed by atoms with Crippen LogP contribution in [0.3, 0.4) is 0 Å². The van der Waals surface area contributed by atoms with Gasteiger partial charge in [-0.15, -0.1) is 18.3 Å². The van der Waals surface area contributed by atoms with Crippen molar-refractivity contribution in [1.82, 2.24) is 4.90 Å². The molecule has 1 N–H and O–H groups in total. The number of carboxylic acids is 1. The molecule has 0 spiro atoms. The van der Waals surface area contributed by atoms with E-state index >= 15 is 0 Å². The Morgan fingerprint density at radius 1 is 1.56 bits per heavy atom. The van der Waals surface area contributed by atoms with E-state index < -0.39 is 11.9 Å². The van der Waals surface area contributed by atoms with Gasteiger partial charge in [-0.25, -0.2) is 0 Å². The van der Waals surface area contributed by atoms with E-state index in [1.54, 1.807) is 17.9 Å². The highest BCUT2D eigenvalue weighted by Gasteiger charge is 2.18. The van der Waals surface area contributed by atoms with Crippen LogP contribution >= 0.6 is 11.8 Å². The number of rotatable bonds is 8. The Morgan fingerprint density at radius 2 is 2.19 bits per heavy atom. The maximum absolute atomic E-state index is 11.7. The van der Waals surface area contributed by atoms with Crippen LogP contribution in [0.15, 0.2) is 12.7 Å². The third kappa shape index (κ3) is 5.80. The zero-order valence-corrected chi connectivity index (χ0v) is 10.6. The lowest BCUT2D eigenvalue weighted by Gasteiger charge is -2.22. The number of hydrogen-bond donors (Lipinski definition) is 1. The highest BCUT2D eigenvalue weighted by atomic mass is 32.2. The molecule has 5 heteroatoms. The van der Waals surface area contributed by atoms with Crippen molar-refractivity contribution in [3.63, 3.8) is 0 Å². The fourth-order valence-electron chi connectivity index (χ4n) is 1.14. The van der Waals surface area contributed by atoms with Crippen molar-refractivity contribution in [2.45, 2.75) is 13.8 Å². The first-order valence-corrected chi connectivity index (χ1v) is 6.37. The molecule has 0 bridgehead atoms. The molecule has 16 heavy (non-hydrogen) atoms. The monoisotopic (exact) mass is 245 g/mol. The predicted molar refractivity (Wildman–Crippen MR) is 66.6 cm³/mol. The van der Waals surface area contributed by atoms with Crippen LogP contribution in [0.1, 0.15) is 13.8 Å². The van der Waals surface area contributed by atoms with Gasteiger partial charge >= 0.3 is 5.97 Å². The zero-order valence-electron chi connectivity index (χ0n) is 9.81. The predicted octanol–water partition coefficient (Wildman–Crippen LogP) is 1.47. The van der Waals surface area contributed by atoms with E-state index in [2.05, 4.69) is 6.58 Å². The average molecular weight is 245 g/mol. The average Bonchev–Trinajstić information content (AvgIpc) is 2.25. The minimum atomic E-state index is -0.870. The van der Waals surface area contributed by atoms with Gasteiger partial charge in [0.15, 0.2) is 0 Å². The van der Waals surface area contributed by atoms with E-state index in [4.69, 9.17) is 5.11 Å². The van der Waals surface area contributed by atoms with E-state index in [1.165, 1.54) is 11.8 Å². The molecule has 0 aromatic carbocycles. The molecule has 0 saturated heterocycles. The molecule has 1 amide bonds. The van der Waals surface area contributed by atoms with Crippen LogP contribution in [-0.2, 0) is 9.59 Å². The Balaban J connectivity index is 4.10. The number of aliphatic carboxylic acids is 1. The van der Waals surface area contributed by atoms with Crippen LogP contribution in [0.5, 0.6) is 0 Å². The van der Waals surface area contributed by atoms with Crippen LogP contribution in [0.2, 0.25) is 0 Å². The van der Waals surface area contributed by atoms with Gasteiger partial charge < -0.3 is 10.0 Å². The van der Waals surface area contributed by atoms with Crippen molar-refractivity contribution in [2.75, 3.05) is 24.6 Å². The van der Waals surface area contributed by atoms with Crippen molar-refractivity contribution in [3.8, 4) is 0 Å². The summed E-state index contributed by atoms with van der Waals surface area (Å²) in [5, 5.41) is 8.77. The van der Waals surface area contributed by atoms with Gasteiger partial charge in [0.05, 0.1) is 11.7 Å². The Bertz CT molecular complexity index is 256. The maximum atomic E-state index is 11.7. The van der Waals surface area contributed by atoms with Gasteiger partial charge in [-0.2, -0.15) is 0 Å². The summed E-state index contributed by atoms with van der Waals surface area (Å²) in [6.45, 7) is 7.85. The van der Waals surface area contributed by atoms with Crippen molar-refractivity contribution >= 4 is 23.6 Å². The van der Waals surface area contributed by atoms with Crippen LogP contribution in [0.4, 0.5) is 0 Å². The van der Waals surface area contributed by atoms with Crippen molar-refractivity contribution in [2.24, 2.45) is 5.92 Å². The van der Waals surface area contributed by atoms with Gasteiger partial charge in [-0.05, 0) is 6.92 Å². The van der Waals surface area contributed by atoms with Gasteiger partial charge in [0.1, 0.15) is 0 Å². The number of carbonyl (C=O) groups excluding carboxylic acids is 1. The Morgan fingerprint density at radius 3 is 2.62 bits per heavy atom. The molecule has 0 aliphatic rings. The number of amides is 1. The zero-order chi connectivity index (χ0) is 12.6. The first kappa shape index (κ1) is 15.0. The minimum absolute atomic E-state index is 0.0116. The second kappa shape index (κ2) is 8.21. The summed E-state index contributed by atoms with van der Waals surface area (Å²) in [7, 11) is 0. The summed E-state index contributed by atoms with van der Waals surface area (Å²) >= 11 is 1.48. The molecule has 0 radical (unpaired) electrons. The number of carboxylic acid groups (broad SMARTS) is 1. The topological polar surface area (TPSA) is 57.6 Å². The lowest BCUT2D eigenvalue weighted by molar-refractivity contribution is -0.142. The fourth-order valence-corrected chi connectivity index (χ4v) is 1.78. The van der Waals surface area contributed by atoms with E-state index in [0.717, 1.165) is 5.75 Å². The van der Waals surface area contributed by atoms with Gasteiger partial charge in [0, 0.05) is 18.8 Å². The smallest absolute Gasteiger partial charge is 0.308 e. The molecular weight excluding hydrogens is 226 g/mol. The first-order valence-electron chi connectivity index (χ1n) is 5.22. The molecule has 0 saturated carbocycles. The molecular formula is C11H19NO3S. The standard InChI is InChI=1S/C11H19NO3S/c1-4-6-16-8-10(13)12(5-2)7-9(3)11(14)15/h4,9H,1,5-8H2,2-3H3,(H,14,15). The minimum Gasteiger partial charge on any atom is -0.481 e. The van der Waals surface area contributed by atoms with Gasteiger partial charge in [0.25, 0.3) is 0 Å². The summed E-state index contributed by atoms with van der Waals surface area (Å²) in [6, 6.07) is 0. The first-order chi connectivity index (χ1) is 7.52. The molecule has 0 aliphatic heterocycles. The van der Waals surface area contributed by atoms with E-state index in [1.807, 2.05) is 6.92 Å². The molecule has 0 aromatic rings. The van der Waals surface area contributed by atoms with Crippen LogP contribution < -0.4 is 0 Å². The number of thioether (sulfide) groups is 1. The molecule has 0 rings (SSSR count). The largest absolute Gasteiger partial charge is 0.481 e. The number of carbonyl (C=O) groups is 2. The normalized spacial score (nSPS) is 11.9. The molecule has 1 atom stereocenters. The summed E-state index contributed by atoms with van der Waals surface area (Å²) in [6.07, 6.45) is 1.74. The van der Waals surface area contributed by atoms with Crippen LogP contribution in [0.25, 0.3) is 0 Å². The second-order valence-electron chi connectivity index (χ2n) is 3.48. The van der Waals surface area contributed by atoms with Crippen LogP contribution in [0, 0.1) is 5.92 Å².